The van der Waals surface area contributed by atoms with E-state index in [1.54, 1.807) is 42.7 Å². The highest BCUT2D eigenvalue weighted by atomic mass is 16.5. The third-order valence-electron chi connectivity index (χ3n) is 2.93. The van der Waals surface area contributed by atoms with E-state index in [0.717, 1.165) is 0 Å². The van der Waals surface area contributed by atoms with E-state index >= 15 is 0 Å². The van der Waals surface area contributed by atoms with Crippen molar-refractivity contribution in [3.8, 4) is 5.69 Å². The SMILES string of the molecule is CCOC(=O)c1ccc(-n2cnc(C(=O)OCC)c2N)cc1. The molecule has 116 valence electrons. The van der Waals surface area contributed by atoms with Gasteiger partial charge in [-0.2, -0.15) is 0 Å². The number of aromatic nitrogens is 2. The summed E-state index contributed by atoms with van der Waals surface area (Å²) in [7, 11) is 0. The van der Waals surface area contributed by atoms with Crippen LogP contribution < -0.4 is 5.73 Å². The number of nitrogens with two attached hydrogens (primary N) is 1. The number of hydrogen-bond acceptors (Lipinski definition) is 6. The Bertz CT molecular complexity index is 677. The molecule has 0 saturated carbocycles. The number of nitrogens with zero attached hydrogens (tertiary/aromatic N) is 2. The Morgan fingerprint density at radius 3 is 2.27 bits per heavy atom. The Morgan fingerprint density at radius 1 is 1.09 bits per heavy atom. The molecule has 0 radical (unpaired) electrons. The highest BCUT2D eigenvalue weighted by Crippen LogP contribution is 2.18. The van der Waals surface area contributed by atoms with Crippen LogP contribution in [-0.4, -0.2) is 34.7 Å². The first-order valence-electron chi connectivity index (χ1n) is 6.86. The molecule has 0 saturated heterocycles. The molecule has 0 bridgehead atoms. The van der Waals surface area contributed by atoms with Gasteiger partial charge in [0.15, 0.2) is 5.69 Å². The van der Waals surface area contributed by atoms with E-state index in [2.05, 4.69) is 4.98 Å². The van der Waals surface area contributed by atoms with Crippen molar-refractivity contribution >= 4 is 17.8 Å². The van der Waals surface area contributed by atoms with E-state index in [1.807, 2.05) is 0 Å². The van der Waals surface area contributed by atoms with Gasteiger partial charge in [-0.15, -0.1) is 0 Å². The van der Waals surface area contributed by atoms with Crippen molar-refractivity contribution in [2.45, 2.75) is 13.8 Å². The Kier molecular flexibility index (Phi) is 4.77. The van der Waals surface area contributed by atoms with E-state index in [-0.39, 0.29) is 24.1 Å². The van der Waals surface area contributed by atoms with Gasteiger partial charge in [-0.1, -0.05) is 0 Å². The minimum atomic E-state index is -0.568. The molecule has 0 atom stereocenters. The number of anilines is 1. The van der Waals surface area contributed by atoms with Crippen LogP contribution in [0.1, 0.15) is 34.7 Å². The predicted octanol–water partition coefficient (Wildman–Crippen LogP) is 1.81. The van der Waals surface area contributed by atoms with Crippen molar-refractivity contribution < 1.29 is 19.1 Å². The molecule has 0 aliphatic carbocycles. The summed E-state index contributed by atoms with van der Waals surface area (Å²) in [6, 6.07) is 6.63. The van der Waals surface area contributed by atoms with Gasteiger partial charge in [-0.25, -0.2) is 14.6 Å². The first-order valence-corrected chi connectivity index (χ1v) is 6.86. The molecule has 1 heterocycles. The first kappa shape index (κ1) is 15.6. The summed E-state index contributed by atoms with van der Waals surface area (Å²) >= 11 is 0. The second-order valence-electron chi connectivity index (χ2n) is 4.34. The average Bonchev–Trinajstić information content (AvgIpc) is 2.89. The van der Waals surface area contributed by atoms with Crippen LogP contribution in [-0.2, 0) is 9.47 Å². The molecule has 1 aromatic carbocycles. The molecular formula is C15H17N3O4. The summed E-state index contributed by atoms with van der Waals surface area (Å²) in [5, 5.41) is 0. The van der Waals surface area contributed by atoms with Gasteiger partial charge in [0.05, 0.1) is 18.8 Å². The summed E-state index contributed by atoms with van der Waals surface area (Å²) < 4.78 is 11.3. The zero-order valence-corrected chi connectivity index (χ0v) is 12.4. The number of esters is 2. The molecule has 2 N–H and O–H groups in total. The zero-order chi connectivity index (χ0) is 16.1. The lowest BCUT2D eigenvalue weighted by Crippen LogP contribution is -2.09. The van der Waals surface area contributed by atoms with Gasteiger partial charge in [0, 0.05) is 5.69 Å². The Labute approximate surface area is 127 Å². The minimum absolute atomic E-state index is 0.0660. The van der Waals surface area contributed by atoms with Crippen LogP contribution in [0.5, 0.6) is 0 Å². The number of carbonyl (C=O) groups excluding carboxylic acids is 2. The lowest BCUT2D eigenvalue weighted by molar-refractivity contribution is 0.0514. The summed E-state index contributed by atoms with van der Waals surface area (Å²) in [6.07, 6.45) is 1.43. The molecule has 0 aliphatic rings. The van der Waals surface area contributed by atoms with Crippen molar-refractivity contribution in [2.24, 2.45) is 0 Å². The van der Waals surface area contributed by atoms with Crippen LogP contribution in [0.2, 0.25) is 0 Å². The molecule has 1 aromatic heterocycles. The van der Waals surface area contributed by atoms with E-state index in [9.17, 15) is 9.59 Å². The van der Waals surface area contributed by atoms with Crippen LogP contribution in [0.25, 0.3) is 5.69 Å². The third-order valence-corrected chi connectivity index (χ3v) is 2.93. The summed E-state index contributed by atoms with van der Waals surface area (Å²) in [5.74, 6) is -0.774. The molecular weight excluding hydrogens is 286 g/mol. The van der Waals surface area contributed by atoms with E-state index in [1.165, 1.54) is 6.33 Å². The van der Waals surface area contributed by atoms with Crippen molar-refractivity contribution in [3.63, 3.8) is 0 Å². The lowest BCUT2D eigenvalue weighted by Gasteiger charge is -2.07. The van der Waals surface area contributed by atoms with Crippen LogP contribution in [0.15, 0.2) is 30.6 Å². The molecule has 0 amide bonds. The maximum atomic E-state index is 11.7. The molecule has 7 nitrogen and oxygen atoms in total. The molecule has 0 fully saturated rings. The van der Waals surface area contributed by atoms with E-state index in [4.69, 9.17) is 15.2 Å². The van der Waals surface area contributed by atoms with E-state index in [0.29, 0.717) is 17.9 Å². The quantitative estimate of drug-likeness (QED) is 0.846. The Morgan fingerprint density at radius 2 is 1.68 bits per heavy atom. The fraction of sp³-hybridized carbons (Fsp3) is 0.267. The van der Waals surface area contributed by atoms with Gasteiger partial charge < -0.3 is 15.2 Å². The molecule has 0 aliphatic heterocycles. The number of nitrogen functional groups attached to an aromatic ring is 1. The fourth-order valence-electron chi connectivity index (χ4n) is 1.89. The standard InChI is InChI=1S/C15H17N3O4/c1-3-21-14(19)10-5-7-11(8-6-10)18-9-17-12(13(18)16)15(20)22-4-2/h5-9H,3-4,16H2,1-2H3. The number of ether oxygens (including phenoxy) is 2. The molecule has 7 heteroatoms. The van der Waals surface area contributed by atoms with Gasteiger partial charge in [0.2, 0.25) is 0 Å². The monoisotopic (exact) mass is 303 g/mol. The highest BCUT2D eigenvalue weighted by Gasteiger charge is 2.17. The predicted molar refractivity (Wildman–Crippen MR) is 79.9 cm³/mol. The second-order valence-corrected chi connectivity index (χ2v) is 4.34. The molecule has 2 aromatic rings. The summed E-state index contributed by atoms with van der Waals surface area (Å²) in [5.41, 5.74) is 7.10. The van der Waals surface area contributed by atoms with Crippen LogP contribution in [0.3, 0.4) is 0 Å². The maximum absolute atomic E-state index is 11.7. The number of hydrogen-bond donors (Lipinski definition) is 1. The lowest BCUT2D eigenvalue weighted by atomic mass is 10.2. The van der Waals surface area contributed by atoms with Crippen LogP contribution in [0.4, 0.5) is 5.82 Å². The van der Waals surface area contributed by atoms with Crippen molar-refractivity contribution in [2.75, 3.05) is 18.9 Å². The molecule has 0 unspecified atom stereocenters. The smallest absolute Gasteiger partial charge is 0.360 e. The molecule has 0 spiro atoms. The number of rotatable bonds is 5. The summed E-state index contributed by atoms with van der Waals surface area (Å²) in [6.45, 7) is 4.02. The number of benzene rings is 1. The molecule has 2 rings (SSSR count). The fourth-order valence-corrected chi connectivity index (χ4v) is 1.89. The topological polar surface area (TPSA) is 96.4 Å². The largest absolute Gasteiger partial charge is 0.462 e. The number of carbonyl (C=O) groups is 2. The second kappa shape index (κ2) is 6.75. The Hall–Kier alpha value is -2.83. The minimum Gasteiger partial charge on any atom is -0.462 e. The molecule has 22 heavy (non-hydrogen) atoms. The number of imidazole rings is 1. The average molecular weight is 303 g/mol. The van der Waals surface area contributed by atoms with Crippen LogP contribution >= 0.6 is 0 Å². The van der Waals surface area contributed by atoms with Crippen molar-refractivity contribution in [1.29, 1.82) is 0 Å². The first-order chi connectivity index (χ1) is 10.6. The summed E-state index contributed by atoms with van der Waals surface area (Å²) in [4.78, 5) is 27.3. The van der Waals surface area contributed by atoms with Crippen LogP contribution in [0, 0.1) is 0 Å². The maximum Gasteiger partial charge on any atom is 0.360 e. The highest BCUT2D eigenvalue weighted by molar-refractivity contribution is 5.92. The van der Waals surface area contributed by atoms with Gasteiger partial charge in [-0.3, -0.25) is 4.57 Å². The van der Waals surface area contributed by atoms with Gasteiger partial charge in [-0.05, 0) is 38.1 Å². The van der Waals surface area contributed by atoms with Crippen molar-refractivity contribution in [3.05, 3.63) is 41.9 Å². The van der Waals surface area contributed by atoms with Gasteiger partial charge >= 0.3 is 11.9 Å². The zero-order valence-electron chi connectivity index (χ0n) is 12.4. The van der Waals surface area contributed by atoms with Gasteiger partial charge in [0.1, 0.15) is 12.1 Å². The normalized spacial score (nSPS) is 10.3. The Balaban J connectivity index is 2.26. The third kappa shape index (κ3) is 3.08. The van der Waals surface area contributed by atoms with Gasteiger partial charge in [0.25, 0.3) is 0 Å². The van der Waals surface area contributed by atoms with E-state index < -0.39 is 5.97 Å². The van der Waals surface area contributed by atoms with Crippen molar-refractivity contribution in [1.82, 2.24) is 9.55 Å².